The molecule has 0 spiro atoms. The molecule has 0 aromatic heterocycles. The molecule has 1 rings (SSSR count). The van der Waals surface area contributed by atoms with E-state index in [0.717, 1.165) is 0 Å². The average molecular weight is 159 g/mol. The van der Waals surface area contributed by atoms with Crippen LogP contribution in [0.25, 0.3) is 0 Å². The van der Waals surface area contributed by atoms with Crippen LogP contribution in [-0.2, 0) is 0 Å². The van der Waals surface area contributed by atoms with Gasteiger partial charge >= 0.3 is 9.84 Å². The normalized spacial score (nSPS) is 29.1. The number of rotatable bonds is 1. The lowest BCUT2D eigenvalue weighted by Gasteiger charge is -2.39. The monoisotopic (exact) mass is 159 g/mol. The molecule has 1 heterocycles. The number of quaternary nitrogens is 1. The largest absolute Gasteiger partial charge is 0.381 e. The molecule has 1 fully saturated rings. The first-order valence-corrected chi connectivity index (χ1v) is 5.45. The maximum atomic E-state index is 2.66. The van der Waals surface area contributed by atoms with Gasteiger partial charge in [-0.2, -0.15) is 0 Å². The highest BCUT2D eigenvalue weighted by Gasteiger charge is 2.24. The van der Waals surface area contributed by atoms with Crippen LogP contribution in [0.2, 0.25) is 0 Å². The van der Waals surface area contributed by atoms with Gasteiger partial charge in [-0.05, 0) is 6.54 Å². The highest BCUT2D eigenvalue weighted by atomic mass is 28.2. The first kappa shape index (κ1) is 8.24. The fourth-order valence-corrected chi connectivity index (χ4v) is 3.68. The van der Waals surface area contributed by atoms with Crippen molar-refractivity contribution in [3.05, 3.63) is 0 Å². The third kappa shape index (κ3) is 2.07. The molecule has 0 N–H and O–H groups in total. The van der Waals surface area contributed by atoms with Crippen LogP contribution in [-0.4, -0.2) is 52.3 Å². The van der Waals surface area contributed by atoms with E-state index < -0.39 is 0 Å². The molecule has 0 unspecified atom stereocenters. The zero-order chi connectivity index (χ0) is 7.61. The summed E-state index contributed by atoms with van der Waals surface area (Å²) in [6.07, 6.45) is 1.40. The average Bonchev–Trinajstić information content (AvgIpc) is 1.86. The van der Waals surface area contributed by atoms with Crippen LogP contribution < -0.4 is 0 Å². The Balaban J connectivity index is 2.40. The molecule has 2 nitrogen and oxygen atoms in total. The molecular formula is C7H19N2Si+. The fraction of sp³-hybridized carbons (Fsp3) is 1.00. The van der Waals surface area contributed by atoms with Gasteiger partial charge in [-0.1, -0.05) is 6.92 Å². The van der Waals surface area contributed by atoms with Crippen LogP contribution in [0.3, 0.4) is 0 Å². The molecule has 1 saturated heterocycles. The summed E-state index contributed by atoms with van der Waals surface area (Å²) in [4.78, 5) is 0. The highest BCUT2D eigenvalue weighted by Crippen LogP contribution is 2.06. The van der Waals surface area contributed by atoms with Crippen LogP contribution in [0.15, 0.2) is 0 Å². The lowest BCUT2D eigenvalue weighted by Crippen LogP contribution is -2.56. The Morgan fingerprint density at radius 3 is 2.60 bits per heavy atom. The van der Waals surface area contributed by atoms with Crippen LogP contribution in [0, 0.1) is 0 Å². The molecule has 0 aromatic rings. The molecule has 60 valence electrons. The summed E-state index contributed by atoms with van der Waals surface area (Å²) < 4.78 is 3.97. The van der Waals surface area contributed by atoms with Crippen molar-refractivity contribution in [2.24, 2.45) is 0 Å². The minimum atomic E-state index is 0.0212. The highest BCUT2D eigenvalue weighted by molar-refractivity contribution is 6.22. The molecule has 0 bridgehead atoms. The summed E-state index contributed by atoms with van der Waals surface area (Å²) in [5.41, 5.74) is 0. The smallest absolute Gasteiger partial charge is 0.337 e. The van der Waals surface area contributed by atoms with Gasteiger partial charge in [0.25, 0.3) is 0 Å². The lowest BCUT2D eigenvalue weighted by atomic mass is 10.4. The summed E-state index contributed by atoms with van der Waals surface area (Å²) >= 11 is 0. The number of hydrogen-bond donors (Lipinski definition) is 0. The van der Waals surface area contributed by atoms with Gasteiger partial charge in [-0.3, -0.25) is 4.57 Å². The van der Waals surface area contributed by atoms with Gasteiger partial charge in [-0.25, -0.2) is 0 Å². The molecular weight excluding hydrogens is 140 g/mol. The quantitative estimate of drug-likeness (QED) is 0.479. The minimum absolute atomic E-state index is 0.0212. The Kier molecular flexibility index (Phi) is 2.49. The molecule has 1 aliphatic heterocycles. The lowest BCUT2D eigenvalue weighted by molar-refractivity contribution is -0.786. The first-order chi connectivity index (χ1) is 4.64. The van der Waals surface area contributed by atoms with Gasteiger partial charge in [0.05, 0.1) is 20.6 Å². The Morgan fingerprint density at radius 2 is 2.20 bits per heavy atom. The summed E-state index contributed by atoms with van der Waals surface area (Å²) in [6, 6.07) is 0. The van der Waals surface area contributed by atoms with Gasteiger partial charge in [0.15, 0.2) is 0 Å². The Bertz CT molecular complexity index is 114. The van der Waals surface area contributed by atoms with Crippen LogP contribution in [0.5, 0.6) is 0 Å². The number of nitrogens with zero attached hydrogens (tertiary/aromatic N) is 2. The molecule has 0 radical (unpaired) electrons. The number of hydrogen-bond acceptors (Lipinski definition) is 1. The van der Waals surface area contributed by atoms with E-state index in [1.54, 1.807) is 0 Å². The molecule has 10 heavy (non-hydrogen) atoms. The van der Waals surface area contributed by atoms with E-state index >= 15 is 0 Å². The van der Waals surface area contributed by atoms with Crippen molar-refractivity contribution in [1.29, 1.82) is 0 Å². The van der Waals surface area contributed by atoms with Crippen molar-refractivity contribution >= 4 is 9.84 Å². The van der Waals surface area contributed by atoms with Crippen LogP contribution in [0.4, 0.5) is 0 Å². The minimum Gasteiger partial charge on any atom is -0.381 e. The molecule has 0 aliphatic carbocycles. The van der Waals surface area contributed by atoms with Gasteiger partial charge < -0.3 is 4.15 Å². The van der Waals surface area contributed by atoms with E-state index in [-0.39, 0.29) is 9.84 Å². The third-order valence-corrected chi connectivity index (χ3v) is 4.51. The topological polar surface area (TPSA) is 3.24 Å². The van der Waals surface area contributed by atoms with Crippen LogP contribution >= 0.6 is 0 Å². The van der Waals surface area contributed by atoms with Crippen molar-refractivity contribution in [1.82, 2.24) is 4.57 Å². The van der Waals surface area contributed by atoms with E-state index in [1.165, 1.54) is 30.2 Å². The van der Waals surface area contributed by atoms with Crippen molar-refractivity contribution in [2.75, 3.05) is 33.7 Å². The molecule has 0 aromatic carbocycles. The van der Waals surface area contributed by atoms with E-state index in [4.69, 9.17) is 0 Å². The fourth-order valence-electron chi connectivity index (χ4n) is 1.66. The van der Waals surface area contributed by atoms with Crippen molar-refractivity contribution in [3.8, 4) is 0 Å². The summed E-state index contributed by atoms with van der Waals surface area (Å²) in [5, 5.41) is 0. The summed E-state index contributed by atoms with van der Waals surface area (Å²) in [5.74, 6) is 0. The summed E-state index contributed by atoms with van der Waals surface area (Å²) in [6.45, 7) is 6.32. The predicted molar refractivity (Wildman–Crippen MR) is 47.4 cm³/mol. The van der Waals surface area contributed by atoms with E-state index in [2.05, 4.69) is 25.6 Å². The second-order valence-electron chi connectivity index (χ2n) is 3.86. The van der Waals surface area contributed by atoms with Gasteiger partial charge in [0.2, 0.25) is 0 Å². The predicted octanol–water partition coefficient (Wildman–Crippen LogP) is -0.213. The van der Waals surface area contributed by atoms with E-state index in [9.17, 15) is 0 Å². The van der Waals surface area contributed by atoms with Crippen molar-refractivity contribution in [2.45, 2.75) is 13.3 Å². The second kappa shape index (κ2) is 3.03. The molecule has 1 aliphatic rings. The zero-order valence-electron chi connectivity index (χ0n) is 7.43. The maximum Gasteiger partial charge on any atom is 0.337 e. The SMILES string of the molecule is CCN1CCC[N+](C)(C)[SiH2]1. The van der Waals surface area contributed by atoms with E-state index in [0.29, 0.717) is 0 Å². The first-order valence-electron chi connectivity index (χ1n) is 4.18. The van der Waals surface area contributed by atoms with Crippen LogP contribution in [0.1, 0.15) is 13.3 Å². The van der Waals surface area contributed by atoms with Crippen molar-refractivity contribution in [3.63, 3.8) is 0 Å². The second-order valence-corrected chi connectivity index (χ2v) is 6.75. The van der Waals surface area contributed by atoms with E-state index in [1.807, 2.05) is 0 Å². The van der Waals surface area contributed by atoms with Gasteiger partial charge in [0, 0.05) is 13.0 Å². The third-order valence-electron chi connectivity index (χ3n) is 2.27. The maximum absolute atomic E-state index is 2.66. The standard InChI is InChI=1S/C7H19N2Si/c1-4-8-6-5-7-9(2,3)10-8/h4-7,10H2,1-3H3/q+1. The Labute approximate surface area is 66.4 Å². The van der Waals surface area contributed by atoms with Gasteiger partial charge in [-0.15, -0.1) is 0 Å². The zero-order valence-corrected chi connectivity index (χ0v) is 8.84. The molecule has 0 amide bonds. The Hall–Kier alpha value is 0.137. The molecule has 3 heteroatoms. The van der Waals surface area contributed by atoms with Crippen molar-refractivity contribution < 1.29 is 4.15 Å². The molecule has 0 saturated carbocycles. The molecule has 0 atom stereocenters. The summed E-state index contributed by atoms with van der Waals surface area (Å²) in [7, 11) is 4.76. The Morgan fingerprint density at radius 1 is 1.50 bits per heavy atom. The van der Waals surface area contributed by atoms with Gasteiger partial charge in [0.1, 0.15) is 0 Å².